The molecule has 0 spiro atoms. The lowest BCUT2D eigenvalue weighted by Crippen LogP contribution is -2.40. The van der Waals surface area contributed by atoms with Crippen LogP contribution in [-0.4, -0.2) is 4.98 Å². The zero-order valence-corrected chi connectivity index (χ0v) is 9.78. The van der Waals surface area contributed by atoms with Crippen molar-refractivity contribution in [3.63, 3.8) is 0 Å². The van der Waals surface area contributed by atoms with E-state index in [-0.39, 0.29) is 5.41 Å². The van der Waals surface area contributed by atoms with Crippen LogP contribution in [0.15, 0.2) is 30.5 Å². The van der Waals surface area contributed by atoms with Crippen molar-refractivity contribution in [1.82, 2.24) is 4.98 Å². The van der Waals surface area contributed by atoms with E-state index in [1.807, 2.05) is 12.3 Å². The van der Waals surface area contributed by atoms with Gasteiger partial charge in [-0.05, 0) is 12.1 Å². The summed E-state index contributed by atoms with van der Waals surface area (Å²) in [7, 11) is 2.10. The highest BCUT2D eigenvalue weighted by Crippen LogP contribution is 2.20. The molecule has 0 atom stereocenters. The van der Waals surface area contributed by atoms with E-state index < -0.39 is 0 Å². The third-order valence-corrected chi connectivity index (χ3v) is 2.71. The Kier molecular flexibility index (Phi) is 2.22. The zero-order valence-electron chi connectivity index (χ0n) is 9.78. The van der Waals surface area contributed by atoms with E-state index in [4.69, 9.17) is 0 Å². The first-order valence-electron chi connectivity index (χ1n) is 5.24. The number of aromatic nitrogens is 2. The van der Waals surface area contributed by atoms with Gasteiger partial charge in [-0.2, -0.15) is 4.57 Å². The fraction of sp³-hybridized carbons (Fsp3) is 0.385. The summed E-state index contributed by atoms with van der Waals surface area (Å²) in [6.45, 7) is 6.68. The molecule has 0 N–H and O–H groups in total. The molecule has 2 heterocycles. The largest absolute Gasteiger partial charge is 0.250 e. The molecule has 0 amide bonds. The fourth-order valence-corrected chi connectivity index (χ4v) is 1.97. The van der Waals surface area contributed by atoms with Crippen molar-refractivity contribution in [3.8, 4) is 0 Å². The summed E-state index contributed by atoms with van der Waals surface area (Å²) in [4.78, 5) is 4.34. The number of pyridine rings is 2. The van der Waals surface area contributed by atoms with Gasteiger partial charge in [0.2, 0.25) is 5.52 Å². The van der Waals surface area contributed by atoms with Crippen molar-refractivity contribution in [1.29, 1.82) is 0 Å². The van der Waals surface area contributed by atoms with Gasteiger partial charge in [-0.1, -0.05) is 20.8 Å². The normalized spacial score (nSPS) is 12.0. The number of nitrogens with zero attached hydrogens (tertiary/aromatic N) is 2. The first-order valence-corrected chi connectivity index (χ1v) is 5.24. The fourth-order valence-electron chi connectivity index (χ4n) is 1.97. The van der Waals surface area contributed by atoms with Crippen LogP contribution in [0.3, 0.4) is 0 Å². The van der Waals surface area contributed by atoms with Gasteiger partial charge < -0.3 is 0 Å². The van der Waals surface area contributed by atoms with Crippen molar-refractivity contribution >= 4 is 11.0 Å². The minimum atomic E-state index is 0.165. The summed E-state index contributed by atoms with van der Waals surface area (Å²) in [5.41, 5.74) is 3.72. The quantitative estimate of drug-likeness (QED) is 0.598. The molecule has 78 valence electrons. The summed E-state index contributed by atoms with van der Waals surface area (Å²) in [5, 5.41) is 0. The standard InChI is InChI=1S/C13H17N2/c1-13(2,3)12-8-7-10-11(15(12)4)6-5-9-14-10/h5-9H,1-4H3/q+1. The van der Waals surface area contributed by atoms with E-state index in [0.29, 0.717) is 0 Å². The molecule has 0 unspecified atom stereocenters. The van der Waals surface area contributed by atoms with E-state index in [0.717, 1.165) is 5.52 Å². The maximum atomic E-state index is 4.34. The lowest BCUT2D eigenvalue weighted by atomic mass is 9.91. The summed E-state index contributed by atoms with van der Waals surface area (Å²) >= 11 is 0. The number of fused-ring (bicyclic) bond motifs is 1. The molecule has 2 nitrogen and oxygen atoms in total. The van der Waals surface area contributed by atoms with Crippen molar-refractivity contribution < 1.29 is 4.57 Å². The molecule has 0 saturated heterocycles. The number of rotatable bonds is 0. The molecule has 0 aliphatic rings. The van der Waals surface area contributed by atoms with Crippen molar-refractivity contribution in [2.24, 2.45) is 7.05 Å². The predicted octanol–water partition coefficient (Wildman–Crippen LogP) is 2.36. The third kappa shape index (κ3) is 1.72. The van der Waals surface area contributed by atoms with Gasteiger partial charge >= 0.3 is 0 Å². The van der Waals surface area contributed by atoms with Crippen LogP contribution in [0.2, 0.25) is 0 Å². The topological polar surface area (TPSA) is 16.8 Å². The van der Waals surface area contributed by atoms with E-state index in [9.17, 15) is 0 Å². The van der Waals surface area contributed by atoms with Gasteiger partial charge in [0.25, 0.3) is 0 Å². The highest BCUT2D eigenvalue weighted by atomic mass is 15.0. The molecule has 2 aromatic rings. The van der Waals surface area contributed by atoms with Crippen LogP contribution in [0.5, 0.6) is 0 Å². The Labute approximate surface area is 90.6 Å². The minimum Gasteiger partial charge on any atom is -0.250 e. The molecule has 0 bridgehead atoms. The van der Waals surface area contributed by atoms with Gasteiger partial charge in [0.15, 0.2) is 5.69 Å². The summed E-state index contributed by atoms with van der Waals surface area (Å²) < 4.78 is 2.22. The Morgan fingerprint density at radius 3 is 2.53 bits per heavy atom. The van der Waals surface area contributed by atoms with Crippen LogP contribution in [-0.2, 0) is 12.5 Å². The lowest BCUT2D eigenvalue weighted by Gasteiger charge is -2.15. The smallest absolute Gasteiger partial charge is 0.231 e. The highest BCUT2D eigenvalue weighted by Gasteiger charge is 2.24. The van der Waals surface area contributed by atoms with E-state index in [1.165, 1.54) is 11.2 Å². The van der Waals surface area contributed by atoms with E-state index in [2.05, 4.69) is 55.6 Å². The van der Waals surface area contributed by atoms with Crippen molar-refractivity contribution in [3.05, 3.63) is 36.2 Å². The zero-order chi connectivity index (χ0) is 11.1. The van der Waals surface area contributed by atoms with Crippen LogP contribution in [0, 0.1) is 0 Å². The average molecular weight is 201 g/mol. The van der Waals surface area contributed by atoms with Gasteiger partial charge in [0.1, 0.15) is 12.6 Å². The molecule has 0 fully saturated rings. The molecular weight excluding hydrogens is 184 g/mol. The molecule has 0 saturated carbocycles. The molecule has 2 rings (SSSR count). The van der Waals surface area contributed by atoms with Gasteiger partial charge in [-0.3, -0.25) is 0 Å². The predicted molar refractivity (Wildman–Crippen MR) is 61.6 cm³/mol. The van der Waals surface area contributed by atoms with Crippen molar-refractivity contribution in [2.75, 3.05) is 0 Å². The van der Waals surface area contributed by atoms with E-state index >= 15 is 0 Å². The Balaban J connectivity index is 2.76. The van der Waals surface area contributed by atoms with Crippen LogP contribution >= 0.6 is 0 Å². The lowest BCUT2D eigenvalue weighted by molar-refractivity contribution is -0.656. The molecular formula is C13H17N2+. The molecule has 0 aliphatic carbocycles. The summed E-state index contributed by atoms with van der Waals surface area (Å²) in [6.07, 6.45) is 1.83. The second-order valence-corrected chi connectivity index (χ2v) is 4.94. The summed E-state index contributed by atoms with van der Waals surface area (Å²) in [5.74, 6) is 0. The number of aryl methyl sites for hydroxylation is 1. The molecule has 0 aliphatic heterocycles. The monoisotopic (exact) mass is 201 g/mol. The second-order valence-electron chi connectivity index (χ2n) is 4.94. The number of hydrogen-bond acceptors (Lipinski definition) is 1. The minimum absolute atomic E-state index is 0.165. The van der Waals surface area contributed by atoms with Crippen LogP contribution in [0.25, 0.3) is 11.0 Å². The molecule has 15 heavy (non-hydrogen) atoms. The van der Waals surface area contributed by atoms with Crippen LogP contribution in [0.4, 0.5) is 0 Å². The Morgan fingerprint density at radius 1 is 1.13 bits per heavy atom. The van der Waals surface area contributed by atoms with Crippen LogP contribution < -0.4 is 4.57 Å². The average Bonchev–Trinajstić information content (AvgIpc) is 2.16. The number of hydrogen-bond donors (Lipinski definition) is 0. The molecule has 2 aromatic heterocycles. The molecule has 2 heteroatoms. The first kappa shape index (κ1) is 10.1. The van der Waals surface area contributed by atoms with Crippen molar-refractivity contribution in [2.45, 2.75) is 26.2 Å². The maximum absolute atomic E-state index is 4.34. The first-order chi connectivity index (χ1) is 7.00. The second kappa shape index (κ2) is 3.30. The van der Waals surface area contributed by atoms with Gasteiger partial charge in [-0.15, -0.1) is 0 Å². The van der Waals surface area contributed by atoms with Crippen LogP contribution in [0.1, 0.15) is 26.5 Å². The van der Waals surface area contributed by atoms with Gasteiger partial charge in [0, 0.05) is 23.7 Å². The molecule has 0 aromatic carbocycles. The van der Waals surface area contributed by atoms with E-state index in [1.54, 1.807) is 0 Å². The van der Waals surface area contributed by atoms with Gasteiger partial charge in [0.05, 0.1) is 0 Å². The maximum Gasteiger partial charge on any atom is 0.231 e. The molecule has 0 radical (unpaired) electrons. The highest BCUT2D eigenvalue weighted by molar-refractivity contribution is 5.70. The Hall–Kier alpha value is -1.44. The Morgan fingerprint density at radius 2 is 1.87 bits per heavy atom. The van der Waals surface area contributed by atoms with Gasteiger partial charge in [-0.25, -0.2) is 4.98 Å². The Bertz CT molecular complexity index is 495. The SMILES string of the molecule is C[n+]1c(C(C)(C)C)ccc2ncccc21. The third-order valence-electron chi connectivity index (χ3n) is 2.71. The summed E-state index contributed by atoms with van der Waals surface area (Å²) in [6, 6.07) is 8.34.